The molecule has 0 saturated carbocycles. The molecule has 1 saturated heterocycles. The number of aromatic amines is 1. The number of nitrogens with one attached hydrogen (secondary N) is 2. The van der Waals surface area contributed by atoms with Gasteiger partial charge < -0.3 is 15.2 Å². The molecule has 2 amide bonds. The lowest BCUT2D eigenvalue weighted by atomic mass is 10.1. The van der Waals surface area contributed by atoms with Crippen LogP contribution >= 0.6 is 11.3 Å². The maximum absolute atomic E-state index is 12.8. The van der Waals surface area contributed by atoms with Crippen molar-refractivity contribution in [3.05, 3.63) is 71.7 Å². The van der Waals surface area contributed by atoms with E-state index in [2.05, 4.69) is 27.4 Å². The van der Waals surface area contributed by atoms with Crippen LogP contribution in [0.3, 0.4) is 0 Å². The lowest BCUT2D eigenvalue weighted by Gasteiger charge is -2.16. The van der Waals surface area contributed by atoms with Gasteiger partial charge in [0.25, 0.3) is 0 Å². The fourth-order valence-electron chi connectivity index (χ4n) is 4.02. The molecule has 7 heteroatoms. The Kier molecular flexibility index (Phi) is 5.26. The molecule has 1 aliphatic heterocycles. The van der Waals surface area contributed by atoms with Crippen LogP contribution in [0.2, 0.25) is 0 Å². The van der Waals surface area contributed by atoms with Gasteiger partial charge in [-0.25, -0.2) is 4.98 Å². The van der Waals surface area contributed by atoms with E-state index in [1.165, 1.54) is 16.9 Å². The van der Waals surface area contributed by atoms with Crippen molar-refractivity contribution >= 4 is 39.2 Å². The normalized spacial score (nSPS) is 16.2. The first-order valence-electron chi connectivity index (χ1n) is 10.3. The summed E-state index contributed by atoms with van der Waals surface area (Å²) in [6, 6.07) is 18.1. The number of para-hydroxylation sites is 1. The summed E-state index contributed by atoms with van der Waals surface area (Å²) in [4.78, 5) is 34.8. The summed E-state index contributed by atoms with van der Waals surface area (Å²) >= 11 is 1.40. The maximum Gasteiger partial charge on any atom is 0.231 e. The zero-order chi connectivity index (χ0) is 21.2. The van der Waals surface area contributed by atoms with Crippen LogP contribution in [0.25, 0.3) is 22.2 Å². The largest absolute Gasteiger partial charge is 0.360 e. The summed E-state index contributed by atoms with van der Waals surface area (Å²) in [5, 5.41) is 6.50. The second-order valence-corrected chi connectivity index (χ2v) is 8.61. The van der Waals surface area contributed by atoms with Crippen molar-refractivity contribution < 1.29 is 9.59 Å². The van der Waals surface area contributed by atoms with E-state index in [1.54, 1.807) is 4.90 Å². The SMILES string of the molecule is O=C(Nc1nc(-c2c[nH]c3ccccc23)cs1)C1CC(=O)N(CCc2ccccc2)C1. The fourth-order valence-corrected chi connectivity index (χ4v) is 4.73. The highest BCUT2D eigenvalue weighted by Gasteiger charge is 2.34. The number of amides is 2. The zero-order valence-corrected chi connectivity index (χ0v) is 17.7. The molecule has 0 spiro atoms. The van der Waals surface area contributed by atoms with Crippen molar-refractivity contribution in [1.82, 2.24) is 14.9 Å². The van der Waals surface area contributed by atoms with Crippen LogP contribution < -0.4 is 5.32 Å². The highest BCUT2D eigenvalue weighted by Crippen LogP contribution is 2.31. The fraction of sp³-hybridized carbons (Fsp3) is 0.208. The Balaban J connectivity index is 1.21. The van der Waals surface area contributed by atoms with Crippen molar-refractivity contribution in [2.45, 2.75) is 12.8 Å². The quantitative estimate of drug-likeness (QED) is 0.478. The Hall–Kier alpha value is -3.45. The number of nitrogens with zero attached hydrogens (tertiary/aromatic N) is 2. The van der Waals surface area contributed by atoms with Crippen molar-refractivity contribution in [3.8, 4) is 11.3 Å². The van der Waals surface area contributed by atoms with Gasteiger partial charge in [-0.15, -0.1) is 11.3 Å². The third-order valence-electron chi connectivity index (χ3n) is 5.70. The van der Waals surface area contributed by atoms with Gasteiger partial charge in [-0.2, -0.15) is 0 Å². The Morgan fingerprint density at radius 3 is 2.84 bits per heavy atom. The minimum absolute atomic E-state index is 0.0368. The van der Waals surface area contributed by atoms with E-state index >= 15 is 0 Å². The first kappa shape index (κ1) is 19.5. The van der Waals surface area contributed by atoms with E-state index in [0.29, 0.717) is 18.2 Å². The number of hydrogen-bond donors (Lipinski definition) is 2. The van der Waals surface area contributed by atoms with E-state index in [9.17, 15) is 9.59 Å². The smallest absolute Gasteiger partial charge is 0.231 e. The number of rotatable bonds is 6. The zero-order valence-electron chi connectivity index (χ0n) is 16.9. The number of aromatic nitrogens is 2. The summed E-state index contributed by atoms with van der Waals surface area (Å²) < 4.78 is 0. The van der Waals surface area contributed by atoms with Crippen molar-refractivity contribution in [3.63, 3.8) is 0 Å². The average Bonchev–Trinajstić information content (AvgIpc) is 3.51. The van der Waals surface area contributed by atoms with Gasteiger partial charge in [0.2, 0.25) is 11.8 Å². The molecule has 1 atom stereocenters. The van der Waals surface area contributed by atoms with Gasteiger partial charge in [0.15, 0.2) is 5.13 Å². The Morgan fingerprint density at radius 2 is 1.97 bits per heavy atom. The standard InChI is InChI=1S/C24H22N4O2S/c29-22-12-17(14-28(22)11-10-16-6-2-1-3-7-16)23(30)27-24-26-21(15-31-24)19-13-25-20-9-5-4-8-18(19)20/h1-9,13,15,17,25H,10-12,14H2,(H,26,27,30). The van der Waals surface area contributed by atoms with E-state index in [0.717, 1.165) is 28.6 Å². The van der Waals surface area contributed by atoms with Crippen molar-refractivity contribution in [2.24, 2.45) is 5.92 Å². The van der Waals surface area contributed by atoms with Crippen LogP contribution in [0.5, 0.6) is 0 Å². The molecule has 1 fully saturated rings. The lowest BCUT2D eigenvalue weighted by Crippen LogP contribution is -2.30. The molecule has 1 unspecified atom stereocenters. The van der Waals surface area contributed by atoms with Crippen molar-refractivity contribution in [1.29, 1.82) is 0 Å². The minimum atomic E-state index is -0.344. The number of anilines is 1. The summed E-state index contributed by atoms with van der Waals surface area (Å²) in [7, 11) is 0. The highest BCUT2D eigenvalue weighted by molar-refractivity contribution is 7.14. The van der Waals surface area contributed by atoms with Crippen LogP contribution in [0.4, 0.5) is 5.13 Å². The molecule has 2 aromatic heterocycles. The molecule has 31 heavy (non-hydrogen) atoms. The molecule has 5 rings (SSSR count). The van der Waals surface area contributed by atoms with Gasteiger partial charge in [0.05, 0.1) is 11.6 Å². The van der Waals surface area contributed by atoms with E-state index in [-0.39, 0.29) is 24.2 Å². The van der Waals surface area contributed by atoms with E-state index in [1.807, 2.05) is 54.0 Å². The topological polar surface area (TPSA) is 78.1 Å². The predicted octanol–water partition coefficient (Wildman–Crippen LogP) is 4.32. The molecule has 0 radical (unpaired) electrons. The summed E-state index contributed by atoms with van der Waals surface area (Å²) in [6.45, 7) is 1.09. The second-order valence-electron chi connectivity index (χ2n) is 7.75. The third kappa shape index (κ3) is 4.09. The lowest BCUT2D eigenvalue weighted by molar-refractivity contribution is -0.128. The third-order valence-corrected chi connectivity index (χ3v) is 6.46. The Labute approximate surface area is 183 Å². The number of fused-ring (bicyclic) bond motifs is 1. The first-order chi connectivity index (χ1) is 15.2. The minimum Gasteiger partial charge on any atom is -0.360 e. The van der Waals surface area contributed by atoms with Crippen LogP contribution in [0.1, 0.15) is 12.0 Å². The summed E-state index contributed by atoms with van der Waals surface area (Å²) in [6.07, 6.45) is 2.98. The second kappa shape index (κ2) is 8.35. The van der Waals surface area contributed by atoms with Gasteiger partial charge in [-0.3, -0.25) is 9.59 Å². The van der Waals surface area contributed by atoms with Crippen LogP contribution in [0, 0.1) is 5.92 Å². The van der Waals surface area contributed by atoms with Gasteiger partial charge >= 0.3 is 0 Å². The molecule has 2 aromatic carbocycles. The van der Waals surface area contributed by atoms with Gasteiger partial charge in [-0.05, 0) is 18.1 Å². The van der Waals surface area contributed by atoms with Gasteiger partial charge in [0.1, 0.15) is 0 Å². The summed E-state index contributed by atoms with van der Waals surface area (Å²) in [5.41, 5.74) is 4.08. The number of hydrogen-bond acceptors (Lipinski definition) is 4. The molecular weight excluding hydrogens is 408 g/mol. The first-order valence-corrected chi connectivity index (χ1v) is 11.2. The summed E-state index contributed by atoms with van der Waals surface area (Å²) in [5.74, 6) is -0.450. The monoisotopic (exact) mass is 430 g/mol. The van der Waals surface area contributed by atoms with Gasteiger partial charge in [-0.1, -0.05) is 48.5 Å². The molecular formula is C24H22N4O2S. The van der Waals surface area contributed by atoms with Crippen LogP contribution in [0.15, 0.2) is 66.2 Å². The molecule has 6 nitrogen and oxygen atoms in total. The number of benzene rings is 2. The number of likely N-dealkylation sites (tertiary alicyclic amines) is 1. The highest BCUT2D eigenvalue weighted by atomic mass is 32.1. The molecule has 4 aromatic rings. The molecule has 1 aliphatic rings. The molecule has 0 bridgehead atoms. The number of carbonyl (C=O) groups excluding carboxylic acids is 2. The molecule has 156 valence electrons. The number of carbonyl (C=O) groups is 2. The Morgan fingerprint density at radius 1 is 1.16 bits per heavy atom. The number of H-pyrrole nitrogens is 1. The van der Waals surface area contributed by atoms with E-state index < -0.39 is 0 Å². The Bertz CT molecular complexity index is 1230. The maximum atomic E-state index is 12.8. The van der Waals surface area contributed by atoms with Crippen molar-refractivity contribution in [2.75, 3.05) is 18.4 Å². The van der Waals surface area contributed by atoms with Gasteiger partial charge in [0, 0.05) is 47.6 Å². The molecule has 3 heterocycles. The van der Waals surface area contributed by atoms with Crippen LogP contribution in [-0.2, 0) is 16.0 Å². The predicted molar refractivity (Wildman–Crippen MR) is 123 cm³/mol. The van der Waals surface area contributed by atoms with E-state index in [4.69, 9.17) is 0 Å². The van der Waals surface area contributed by atoms with Crippen LogP contribution in [-0.4, -0.2) is 39.8 Å². The molecule has 2 N–H and O–H groups in total. The number of thiazole rings is 1. The average molecular weight is 431 g/mol. The molecule has 0 aliphatic carbocycles.